The SMILES string of the molecule is CC(=O)O[C@H]1[C@@H](OC(=O)c2ccccc2)[C@H](F)O[C@@H]1COC(=O)c1ccccc1. The molecule has 1 aliphatic rings. The summed E-state index contributed by atoms with van der Waals surface area (Å²) in [5.41, 5.74) is 0.513. The summed E-state index contributed by atoms with van der Waals surface area (Å²) >= 11 is 0. The molecule has 3 rings (SSSR count). The van der Waals surface area contributed by atoms with E-state index in [4.69, 9.17) is 18.9 Å². The summed E-state index contributed by atoms with van der Waals surface area (Å²) < 4.78 is 35.0. The second kappa shape index (κ2) is 9.29. The van der Waals surface area contributed by atoms with E-state index < -0.39 is 42.6 Å². The van der Waals surface area contributed by atoms with Gasteiger partial charge in [0, 0.05) is 6.92 Å². The van der Waals surface area contributed by atoms with Gasteiger partial charge >= 0.3 is 17.9 Å². The normalized spacial score (nSPS) is 23.2. The Morgan fingerprint density at radius 2 is 1.41 bits per heavy atom. The van der Waals surface area contributed by atoms with E-state index in [2.05, 4.69) is 0 Å². The molecule has 0 radical (unpaired) electrons. The lowest BCUT2D eigenvalue weighted by molar-refractivity contribution is -0.154. The third kappa shape index (κ3) is 5.17. The van der Waals surface area contributed by atoms with Crippen LogP contribution in [0.4, 0.5) is 4.39 Å². The molecular formula is C21H19FO7. The van der Waals surface area contributed by atoms with Gasteiger partial charge < -0.3 is 18.9 Å². The van der Waals surface area contributed by atoms with E-state index in [-0.39, 0.29) is 12.2 Å². The summed E-state index contributed by atoms with van der Waals surface area (Å²) in [7, 11) is 0. The predicted octanol–water partition coefficient (Wildman–Crippen LogP) is 2.70. The third-order valence-corrected chi connectivity index (χ3v) is 4.20. The number of carbonyl (C=O) groups is 3. The Morgan fingerprint density at radius 1 is 0.862 bits per heavy atom. The smallest absolute Gasteiger partial charge is 0.338 e. The molecule has 2 aromatic carbocycles. The second-order valence-corrected chi connectivity index (χ2v) is 6.30. The van der Waals surface area contributed by atoms with Crippen molar-refractivity contribution in [3.05, 3.63) is 71.8 Å². The van der Waals surface area contributed by atoms with Crippen LogP contribution in [0.3, 0.4) is 0 Å². The molecule has 0 unspecified atom stereocenters. The molecule has 0 aromatic heterocycles. The number of hydrogen-bond donors (Lipinski definition) is 0. The zero-order chi connectivity index (χ0) is 20.8. The van der Waals surface area contributed by atoms with Gasteiger partial charge in [-0.2, -0.15) is 0 Å². The van der Waals surface area contributed by atoms with Crippen LogP contribution in [0.5, 0.6) is 0 Å². The van der Waals surface area contributed by atoms with E-state index in [1.165, 1.54) is 12.1 Å². The van der Waals surface area contributed by atoms with Crippen molar-refractivity contribution < 1.29 is 37.7 Å². The largest absolute Gasteiger partial charge is 0.459 e. The lowest BCUT2D eigenvalue weighted by Crippen LogP contribution is -2.41. The highest BCUT2D eigenvalue weighted by Gasteiger charge is 2.50. The first-order valence-electron chi connectivity index (χ1n) is 8.90. The van der Waals surface area contributed by atoms with Gasteiger partial charge in [0.15, 0.2) is 12.2 Å². The second-order valence-electron chi connectivity index (χ2n) is 6.30. The van der Waals surface area contributed by atoms with Gasteiger partial charge in [0.25, 0.3) is 0 Å². The average molecular weight is 402 g/mol. The lowest BCUT2D eigenvalue weighted by Gasteiger charge is -2.22. The van der Waals surface area contributed by atoms with Crippen LogP contribution < -0.4 is 0 Å². The van der Waals surface area contributed by atoms with Gasteiger partial charge in [0.2, 0.25) is 6.36 Å². The first-order chi connectivity index (χ1) is 14.0. The maximum Gasteiger partial charge on any atom is 0.338 e. The van der Waals surface area contributed by atoms with E-state index in [0.717, 1.165) is 6.92 Å². The molecule has 0 saturated carbocycles. The molecule has 2 aromatic rings. The summed E-state index contributed by atoms with van der Waals surface area (Å²) in [6.45, 7) is 0.750. The zero-order valence-corrected chi connectivity index (χ0v) is 15.5. The highest BCUT2D eigenvalue weighted by Crippen LogP contribution is 2.29. The Balaban J connectivity index is 1.68. The van der Waals surface area contributed by atoms with Crippen molar-refractivity contribution in [2.75, 3.05) is 6.61 Å². The van der Waals surface area contributed by atoms with Gasteiger partial charge in [-0.15, -0.1) is 0 Å². The maximum atomic E-state index is 14.4. The first-order valence-corrected chi connectivity index (χ1v) is 8.90. The Hall–Kier alpha value is -3.26. The van der Waals surface area contributed by atoms with Crippen LogP contribution in [0.25, 0.3) is 0 Å². The van der Waals surface area contributed by atoms with Gasteiger partial charge in [-0.3, -0.25) is 4.79 Å². The van der Waals surface area contributed by atoms with Crippen LogP contribution in [-0.2, 0) is 23.7 Å². The van der Waals surface area contributed by atoms with Crippen molar-refractivity contribution in [3.63, 3.8) is 0 Å². The van der Waals surface area contributed by atoms with Gasteiger partial charge in [-0.1, -0.05) is 36.4 Å². The Morgan fingerprint density at radius 3 is 1.97 bits per heavy atom. The third-order valence-electron chi connectivity index (χ3n) is 4.20. The van der Waals surface area contributed by atoms with Gasteiger partial charge in [0.1, 0.15) is 12.7 Å². The molecule has 0 spiro atoms. The topological polar surface area (TPSA) is 88.1 Å². The standard InChI is InChI=1S/C21H19FO7/c1-13(23)27-17-16(12-26-20(24)14-8-4-2-5-9-14)28-19(22)18(17)29-21(25)15-10-6-3-7-11-15/h2-11,16-19H,12H2,1H3/t16-,17-,18-,19-/m1/s1. The van der Waals surface area contributed by atoms with Crippen LogP contribution in [0.15, 0.2) is 60.7 Å². The molecule has 152 valence electrons. The van der Waals surface area contributed by atoms with E-state index >= 15 is 0 Å². The minimum absolute atomic E-state index is 0.209. The zero-order valence-electron chi connectivity index (χ0n) is 15.5. The monoisotopic (exact) mass is 402 g/mol. The number of ether oxygens (including phenoxy) is 4. The van der Waals surface area contributed by atoms with E-state index in [1.807, 2.05) is 0 Å². The van der Waals surface area contributed by atoms with Gasteiger partial charge in [0.05, 0.1) is 11.1 Å². The van der Waals surface area contributed by atoms with Crippen LogP contribution in [0, 0.1) is 0 Å². The van der Waals surface area contributed by atoms with Crippen molar-refractivity contribution >= 4 is 17.9 Å². The van der Waals surface area contributed by atoms with E-state index in [0.29, 0.717) is 5.56 Å². The molecular weight excluding hydrogens is 383 g/mol. The Kier molecular flexibility index (Phi) is 6.56. The molecule has 1 heterocycles. The number of rotatable bonds is 6. The summed E-state index contributed by atoms with van der Waals surface area (Å²) in [4.78, 5) is 35.8. The van der Waals surface area contributed by atoms with Crippen LogP contribution in [0.2, 0.25) is 0 Å². The van der Waals surface area contributed by atoms with Gasteiger partial charge in [-0.25, -0.2) is 14.0 Å². The number of benzene rings is 2. The Labute approximate surface area is 166 Å². The fourth-order valence-corrected chi connectivity index (χ4v) is 2.85. The average Bonchev–Trinajstić information content (AvgIpc) is 3.01. The molecule has 1 saturated heterocycles. The molecule has 4 atom stereocenters. The van der Waals surface area contributed by atoms with Crippen molar-refractivity contribution in [1.29, 1.82) is 0 Å². The number of hydrogen-bond acceptors (Lipinski definition) is 7. The fourth-order valence-electron chi connectivity index (χ4n) is 2.85. The van der Waals surface area contributed by atoms with Crippen LogP contribution in [0.1, 0.15) is 27.6 Å². The summed E-state index contributed by atoms with van der Waals surface area (Å²) in [6.07, 6.45) is -5.94. The van der Waals surface area contributed by atoms with Crippen molar-refractivity contribution in [2.24, 2.45) is 0 Å². The Bertz CT molecular complexity index is 856. The summed E-state index contributed by atoms with van der Waals surface area (Å²) in [5, 5.41) is 0. The molecule has 8 heteroatoms. The highest BCUT2D eigenvalue weighted by molar-refractivity contribution is 5.90. The minimum Gasteiger partial charge on any atom is -0.459 e. The van der Waals surface area contributed by atoms with Crippen LogP contribution in [-0.4, -0.2) is 49.2 Å². The van der Waals surface area contributed by atoms with E-state index in [1.54, 1.807) is 48.5 Å². The number of alkyl halides is 1. The molecule has 0 N–H and O–H groups in total. The first kappa shape index (κ1) is 20.5. The minimum atomic E-state index is -2.05. The summed E-state index contributed by atoms with van der Waals surface area (Å²) in [5.74, 6) is -2.15. The number of halogens is 1. The quantitative estimate of drug-likeness (QED) is 0.542. The van der Waals surface area contributed by atoms with Crippen LogP contribution >= 0.6 is 0 Å². The van der Waals surface area contributed by atoms with Crippen molar-refractivity contribution in [2.45, 2.75) is 31.6 Å². The van der Waals surface area contributed by atoms with Gasteiger partial charge in [-0.05, 0) is 24.3 Å². The molecule has 1 aliphatic heterocycles. The maximum absolute atomic E-state index is 14.4. The predicted molar refractivity (Wildman–Crippen MR) is 97.7 cm³/mol. The molecule has 0 aliphatic carbocycles. The molecule has 0 amide bonds. The molecule has 7 nitrogen and oxygen atoms in total. The van der Waals surface area contributed by atoms with E-state index in [9.17, 15) is 18.8 Å². The lowest BCUT2D eigenvalue weighted by atomic mass is 10.1. The molecule has 1 fully saturated rings. The molecule has 29 heavy (non-hydrogen) atoms. The number of esters is 3. The fraction of sp³-hybridized carbons (Fsp3) is 0.286. The highest BCUT2D eigenvalue weighted by atomic mass is 19.1. The molecule has 0 bridgehead atoms. The number of carbonyl (C=O) groups excluding carboxylic acids is 3. The summed E-state index contributed by atoms with van der Waals surface area (Å²) in [6, 6.07) is 16.2. The van der Waals surface area contributed by atoms with Crippen molar-refractivity contribution in [1.82, 2.24) is 0 Å². The van der Waals surface area contributed by atoms with Crippen molar-refractivity contribution in [3.8, 4) is 0 Å².